The van der Waals surface area contributed by atoms with E-state index in [1.165, 1.54) is 24.3 Å². The lowest BCUT2D eigenvalue weighted by atomic mass is 10.1. The fourth-order valence-electron chi connectivity index (χ4n) is 2.00. The summed E-state index contributed by atoms with van der Waals surface area (Å²) >= 11 is 3.30. The van der Waals surface area contributed by atoms with Gasteiger partial charge in [0.25, 0.3) is 0 Å². The zero-order valence-electron chi connectivity index (χ0n) is 10.7. The van der Waals surface area contributed by atoms with E-state index < -0.39 is 0 Å². The van der Waals surface area contributed by atoms with Crippen molar-refractivity contribution in [1.82, 2.24) is 9.78 Å². The lowest BCUT2D eigenvalue weighted by Crippen LogP contribution is -1.95. The van der Waals surface area contributed by atoms with Gasteiger partial charge in [0.05, 0.1) is 17.6 Å². The average molecular weight is 350 g/mol. The maximum atomic E-state index is 13.1. The van der Waals surface area contributed by atoms with Gasteiger partial charge in [0.2, 0.25) is 0 Å². The van der Waals surface area contributed by atoms with Crippen LogP contribution in [0.2, 0.25) is 0 Å². The van der Waals surface area contributed by atoms with Gasteiger partial charge < -0.3 is 5.73 Å². The minimum atomic E-state index is -0.345. The monoisotopic (exact) mass is 349 g/mol. The Morgan fingerprint density at radius 1 is 1.00 bits per heavy atom. The molecule has 3 rings (SSSR count). The first kappa shape index (κ1) is 13.8. The smallest absolute Gasteiger partial charge is 0.124 e. The Balaban J connectivity index is 2.07. The second-order valence-corrected chi connectivity index (χ2v) is 5.33. The van der Waals surface area contributed by atoms with Crippen molar-refractivity contribution >= 4 is 21.6 Å². The molecule has 0 aliphatic carbocycles. The lowest BCUT2D eigenvalue weighted by molar-refractivity contribution is 0.627. The molecule has 0 saturated carbocycles. The highest BCUT2D eigenvalue weighted by Gasteiger charge is 2.13. The maximum absolute atomic E-state index is 13.1. The van der Waals surface area contributed by atoms with Crippen molar-refractivity contribution in [3.8, 4) is 16.9 Å². The van der Waals surface area contributed by atoms with Crippen molar-refractivity contribution in [3.05, 3.63) is 64.8 Å². The fraction of sp³-hybridized carbons (Fsp3) is 0. The van der Waals surface area contributed by atoms with Gasteiger partial charge in [-0.3, -0.25) is 0 Å². The first-order chi connectivity index (χ1) is 10.0. The molecule has 0 spiro atoms. The lowest BCUT2D eigenvalue weighted by Gasteiger charge is -2.03. The summed E-state index contributed by atoms with van der Waals surface area (Å²) in [7, 11) is 0. The van der Waals surface area contributed by atoms with E-state index in [4.69, 9.17) is 5.73 Å². The third-order valence-corrected chi connectivity index (χ3v) is 3.68. The second kappa shape index (κ2) is 5.29. The second-order valence-electron chi connectivity index (χ2n) is 4.48. The molecule has 21 heavy (non-hydrogen) atoms. The molecular weight excluding hydrogens is 340 g/mol. The number of anilines is 1. The number of hydrogen-bond donors (Lipinski definition) is 1. The van der Waals surface area contributed by atoms with Crippen LogP contribution in [0.4, 0.5) is 14.5 Å². The normalized spacial score (nSPS) is 10.8. The van der Waals surface area contributed by atoms with Crippen LogP contribution in [0.1, 0.15) is 0 Å². The van der Waals surface area contributed by atoms with Gasteiger partial charge in [-0.2, -0.15) is 5.10 Å². The SMILES string of the molecule is Nc1cn(-c2ccc(F)cc2)nc1-c1ccc(F)cc1Br. The van der Waals surface area contributed by atoms with Gasteiger partial charge >= 0.3 is 0 Å². The van der Waals surface area contributed by atoms with Crippen LogP contribution in [0.15, 0.2) is 53.1 Å². The summed E-state index contributed by atoms with van der Waals surface area (Å²) in [5.41, 5.74) is 8.34. The van der Waals surface area contributed by atoms with Gasteiger partial charge in [0.15, 0.2) is 0 Å². The first-order valence-electron chi connectivity index (χ1n) is 6.11. The Hall–Kier alpha value is -2.21. The molecule has 106 valence electrons. The molecule has 0 bridgehead atoms. The summed E-state index contributed by atoms with van der Waals surface area (Å²) in [5.74, 6) is -0.664. The van der Waals surface area contributed by atoms with Crippen LogP contribution >= 0.6 is 15.9 Å². The molecule has 0 radical (unpaired) electrons. The summed E-state index contributed by atoms with van der Waals surface area (Å²) in [6, 6.07) is 10.2. The van der Waals surface area contributed by atoms with Crippen molar-refractivity contribution in [3.63, 3.8) is 0 Å². The van der Waals surface area contributed by atoms with Crippen LogP contribution < -0.4 is 5.73 Å². The van der Waals surface area contributed by atoms with Crippen LogP contribution in [0.3, 0.4) is 0 Å². The Morgan fingerprint density at radius 3 is 2.33 bits per heavy atom. The third-order valence-electron chi connectivity index (χ3n) is 3.02. The van der Waals surface area contributed by atoms with E-state index in [-0.39, 0.29) is 11.6 Å². The number of benzene rings is 2. The number of aromatic nitrogens is 2. The van der Waals surface area contributed by atoms with E-state index in [9.17, 15) is 8.78 Å². The van der Waals surface area contributed by atoms with Gasteiger partial charge in [0.1, 0.15) is 17.3 Å². The van der Waals surface area contributed by atoms with E-state index in [1.54, 1.807) is 29.1 Å². The summed E-state index contributed by atoms with van der Waals surface area (Å²) < 4.78 is 28.2. The minimum Gasteiger partial charge on any atom is -0.396 e. The summed E-state index contributed by atoms with van der Waals surface area (Å²) in [6.45, 7) is 0. The molecule has 2 aromatic carbocycles. The van der Waals surface area contributed by atoms with E-state index in [2.05, 4.69) is 21.0 Å². The Morgan fingerprint density at radius 2 is 1.67 bits per heavy atom. The van der Waals surface area contributed by atoms with Crippen molar-refractivity contribution < 1.29 is 8.78 Å². The molecule has 1 heterocycles. The predicted molar refractivity (Wildman–Crippen MR) is 81.0 cm³/mol. The summed E-state index contributed by atoms with van der Waals surface area (Å²) in [5, 5.41) is 4.39. The largest absolute Gasteiger partial charge is 0.396 e. The minimum absolute atomic E-state index is 0.319. The zero-order valence-corrected chi connectivity index (χ0v) is 12.3. The number of halogens is 3. The maximum Gasteiger partial charge on any atom is 0.124 e. The van der Waals surface area contributed by atoms with E-state index in [0.29, 0.717) is 27.1 Å². The van der Waals surface area contributed by atoms with Gasteiger partial charge in [-0.25, -0.2) is 13.5 Å². The number of nitrogens with zero attached hydrogens (tertiary/aromatic N) is 2. The average Bonchev–Trinajstić information content (AvgIpc) is 2.81. The van der Waals surface area contributed by atoms with Crippen molar-refractivity contribution in [2.24, 2.45) is 0 Å². The van der Waals surface area contributed by atoms with Gasteiger partial charge in [0, 0.05) is 10.0 Å². The molecular formula is C15H10BrF2N3. The molecule has 2 N–H and O–H groups in total. The molecule has 3 aromatic rings. The fourth-order valence-corrected chi connectivity index (χ4v) is 2.54. The summed E-state index contributed by atoms with van der Waals surface area (Å²) in [6.07, 6.45) is 1.64. The molecule has 0 atom stereocenters. The predicted octanol–water partition coefficient (Wildman–Crippen LogP) is 4.16. The number of hydrogen-bond acceptors (Lipinski definition) is 2. The van der Waals surface area contributed by atoms with Crippen molar-refractivity contribution in [1.29, 1.82) is 0 Å². The molecule has 6 heteroatoms. The van der Waals surface area contributed by atoms with Crippen LogP contribution in [0.25, 0.3) is 16.9 Å². The molecule has 1 aromatic heterocycles. The van der Waals surface area contributed by atoms with Crippen LogP contribution in [-0.2, 0) is 0 Å². The van der Waals surface area contributed by atoms with Gasteiger partial charge in [-0.1, -0.05) is 0 Å². The molecule has 0 unspecified atom stereocenters. The molecule has 0 aliphatic rings. The number of nitrogen functional groups attached to an aromatic ring is 1. The van der Waals surface area contributed by atoms with Crippen LogP contribution in [-0.4, -0.2) is 9.78 Å². The molecule has 0 amide bonds. The Kier molecular flexibility index (Phi) is 3.47. The highest BCUT2D eigenvalue weighted by Crippen LogP contribution is 2.32. The highest BCUT2D eigenvalue weighted by molar-refractivity contribution is 9.10. The topological polar surface area (TPSA) is 43.8 Å². The molecule has 3 nitrogen and oxygen atoms in total. The number of nitrogens with two attached hydrogens (primary N) is 1. The first-order valence-corrected chi connectivity index (χ1v) is 6.90. The van der Waals surface area contributed by atoms with Crippen LogP contribution in [0.5, 0.6) is 0 Å². The van der Waals surface area contributed by atoms with E-state index >= 15 is 0 Å². The zero-order chi connectivity index (χ0) is 15.0. The van der Waals surface area contributed by atoms with E-state index in [1.807, 2.05) is 0 Å². The third kappa shape index (κ3) is 2.67. The molecule has 0 aliphatic heterocycles. The molecule has 0 saturated heterocycles. The van der Waals surface area contributed by atoms with Crippen LogP contribution in [0, 0.1) is 11.6 Å². The highest BCUT2D eigenvalue weighted by atomic mass is 79.9. The van der Waals surface area contributed by atoms with E-state index in [0.717, 1.165) is 0 Å². The Labute approximate surface area is 128 Å². The quantitative estimate of drug-likeness (QED) is 0.754. The van der Waals surface area contributed by atoms with Gasteiger partial charge in [-0.15, -0.1) is 0 Å². The van der Waals surface area contributed by atoms with Crippen molar-refractivity contribution in [2.45, 2.75) is 0 Å². The Bertz CT molecular complexity index is 797. The van der Waals surface area contributed by atoms with Gasteiger partial charge in [-0.05, 0) is 58.4 Å². The van der Waals surface area contributed by atoms with Crippen molar-refractivity contribution in [2.75, 3.05) is 5.73 Å². The summed E-state index contributed by atoms with van der Waals surface area (Å²) in [4.78, 5) is 0. The molecule has 0 fully saturated rings. The number of rotatable bonds is 2. The standard InChI is InChI=1S/C15H10BrF2N3/c16-13-7-10(18)3-6-12(13)15-14(19)8-21(20-15)11-4-1-9(17)2-5-11/h1-8H,19H2.